The number of likely N-dealkylation sites (N-methyl/N-ethyl adjacent to an activating group) is 1. The van der Waals surface area contributed by atoms with E-state index in [1.54, 1.807) is 6.92 Å². The number of nitrogens with zero attached hydrogens (tertiary/aromatic N) is 3. The monoisotopic (exact) mass is 345 g/mol. The Hall–Kier alpha value is -2.61. The summed E-state index contributed by atoms with van der Waals surface area (Å²) in [6, 6.07) is 9.05. The second-order valence-electron chi connectivity index (χ2n) is 5.34. The van der Waals surface area contributed by atoms with E-state index in [4.69, 9.17) is 5.41 Å². The van der Waals surface area contributed by atoms with Gasteiger partial charge in [-0.05, 0) is 19.4 Å². The Morgan fingerprint density at radius 3 is 2.58 bits per heavy atom. The summed E-state index contributed by atoms with van der Waals surface area (Å²) in [5.74, 6) is -0.685. The van der Waals surface area contributed by atoms with Crippen LogP contribution in [-0.4, -0.2) is 45.8 Å². The largest absolute Gasteiger partial charge is 0.338 e. The lowest BCUT2D eigenvalue weighted by Crippen LogP contribution is -2.46. The summed E-state index contributed by atoms with van der Waals surface area (Å²) < 4.78 is 0. The lowest BCUT2D eigenvalue weighted by Gasteiger charge is -2.20. The minimum absolute atomic E-state index is 0.113. The van der Waals surface area contributed by atoms with Crippen molar-refractivity contribution < 1.29 is 9.59 Å². The molecule has 2 rings (SSSR count). The van der Waals surface area contributed by atoms with Gasteiger partial charge in [-0.1, -0.05) is 41.7 Å². The van der Waals surface area contributed by atoms with Gasteiger partial charge in [-0.15, -0.1) is 10.2 Å². The van der Waals surface area contributed by atoms with Crippen LogP contribution in [-0.2, 0) is 11.2 Å². The Labute approximate surface area is 144 Å². The van der Waals surface area contributed by atoms with Crippen LogP contribution in [0.3, 0.4) is 0 Å². The van der Waals surface area contributed by atoms with Crippen molar-refractivity contribution >= 4 is 29.0 Å². The Bertz CT molecular complexity index is 744. The standard InChI is InChI=1S/C16H19N5O2S/c1-10(16(23)21(3)11(2)17)18-14(22)15-20-19-13(24-15)9-12-7-5-4-6-8-12/h4-8,10,17H,9H2,1-3H3,(H,18,22)/t10-/m0/s1. The van der Waals surface area contributed by atoms with Gasteiger partial charge >= 0.3 is 0 Å². The van der Waals surface area contributed by atoms with E-state index in [1.165, 1.54) is 30.2 Å². The molecular formula is C16H19N5O2S. The number of carbonyl (C=O) groups is 2. The molecule has 1 aromatic heterocycles. The van der Waals surface area contributed by atoms with E-state index in [-0.39, 0.29) is 16.8 Å². The molecule has 7 nitrogen and oxygen atoms in total. The highest BCUT2D eigenvalue weighted by molar-refractivity contribution is 7.13. The molecule has 0 bridgehead atoms. The minimum atomic E-state index is -0.746. The Kier molecular flexibility index (Phi) is 5.75. The van der Waals surface area contributed by atoms with Gasteiger partial charge in [0.1, 0.15) is 11.0 Å². The van der Waals surface area contributed by atoms with Crippen LogP contribution in [0.25, 0.3) is 0 Å². The van der Waals surface area contributed by atoms with Crippen LogP contribution >= 0.6 is 11.3 Å². The average Bonchev–Trinajstić information content (AvgIpc) is 3.02. The van der Waals surface area contributed by atoms with Crippen LogP contribution in [0.4, 0.5) is 0 Å². The number of aromatic nitrogens is 2. The molecule has 0 fully saturated rings. The van der Waals surface area contributed by atoms with E-state index in [0.717, 1.165) is 10.6 Å². The maximum absolute atomic E-state index is 12.2. The number of amidine groups is 1. The van der Waals surface area contributed by atoms with Crippen molar-refractivity contribution in [1.82, 2.24) is 20.4 Å². The molecule has 8 heteroatoms. The first-order chi connectivity index (χ1) is 11.4. The molecule has 126 valence electrons. The molecule has 2 N–H and O–H groups in total. The van der Waals surface area contributed by atoms with Gasteiger partial charge in [-0.2, -0.15) is 0 Å². The molecule has 24 heavy (non-hydrogen) atoms. The third-order valence-corrected chi connectivity index (χ3v) is 4.33. The number of hydrogen-bond donors (Lipinski definition) is 2. The lowest BCUT2D eigenvalue weighted by molar-refractivity contribution is -0.128. The van der Waals surface area contributed by atoms with Crippen molar-refractivity contribution in [1.29, 1.82) is 5.41 Å². The fraction of sp³-hybridized carbons (Fsp3) is 0.312. The van der Waals surface area contributed by atoms with Gasteiger partial charge in [0.15, 0.2) is 0 Å². The topological polar surface area (TPSA) is 99.0 Å². The van der Waals surface area contributed by atoms with Gasteiger partial charge in [0.05, 0.1) is 5.84 Å². The van der Waals surface area contributed by atoms with Gasteiger partial charge in [0.25, 0.3) is 5.91 Å². The van der Waals surface area contributed by atoms with E-state index >= 15 is 0 Å². The zero-order valence-electron chi connectivity index (χ0n) is 13.7. The van der Waals surface area contributed by atoms with Gasteiger partial charge in [0.2, 0.25) is 10.9 Å². The van der Waals surface area contributed by atoms with Crippen LogP contribution in [0, 0.1) is 5.41 Å². The molecule has 0 unspecified atom stereocenters. The minimum Gasteiger partial charge on any atom is -0.338 e. The molecule has 2 amide bonds. The van der Waals surface area contributed by atoms with Crippen LogP contribution in [0.15, 0.2) is 30.3 Å². The summed E-state index contributed by atoms with van der Waals surface area (Å²) >= 11 is 1.20. The first-order valence-corrected chi connectivity index (χ1v) is 8.20. The summed E-state index contributed by atoms with van der Waals surface area (Å²) in [6.07, 6.45) is 0.607. The first kappa shape index (κ1) is 17.7. The SMILES string of the molecule is CC(=N)N(C)C(=O)[C@H](C)NC(=O)c1nnc(Cc2ccccc2)s1. The van der Waals surface area contributed by atoms with Crippen molar-refractivity contribution in [2.24, 2.45) is 0 Å². The fourth-order valence-electron chi connectivity index (χ4n) is 1.96. The summed E-state index contributed by atoms with van der Waals surface area (Å²) in [7, 11) is 1.50. The molecule has 0 aliphatic heterocycles. The van der Waals surface area contributed by atoms with Crippen LogP contribution in [0.2, 0.25) is 0 Å². The molecule has 0 radical (unpaired) electrons. The molecule has 0 aliphatic rings. The Balaban J connectivity index is 1.98. The van der Waals surface area contributed by atoms with E-state index in [0.29, 0.717) is 6.42 Å². The quantitative estimate of drug-likeness (QED) is 0.636. The Morgan fingerprint density at radius 1 is 1.29 bits per heavy atom. The summed E-state index contributed by atoms with van der Waals surface area (Å²) in [6.45, 7) is 3.08. The van der Waals surface area contributed by atoms with Crippen LogP contribution < -0.4 is 5.32 Å². The van der Waals surface area contributed by atoms with E-state index in [1.807, 2.05) is 30.3 Å². The van der Waals surface area contributed by atoms with Crippen molar-refractivity contribution in [2.75, 3.05) is 7.05 Å². The maximum atomic E-state index is 12.2. The summed E-state index contributed by atoms with van der Waals surface area (Å²) in [4.78, 5) is 25.4. The number of rotatable bonds is 5. The van der Waals surface area contributed by atoms with Crippen LogP contribution in [0.5, 0.6) is 0 Å². The number of benzene rings is 1. The number of hydrogen-bond acceptors (Lipinski definition) is 6. The smallest absolute Gasteiger partial charge is 0.282 e. The van der Waals surface area contributed by atoms with E-state index < -0.39 is 11.9 Å². The molecule has 1 atom stereocenters. The highest BCUT2D eigenvalue weighted by Gasteiger charge is 2.22. The third kappa shape index (κ3) is 4.45. The van der Waals surface area contributed by atoms with Crippen molar-refractivity contribution in [2.45, 2.75) is 26.3 Å². The molecule has 1 heterocycles. The lowest BCUT2D eigenvalue weighted by atomic mass is 10.2. The normalized spacial score (nSPS) is 11.6. The second kappa shape index (κ2) is 7.78. The number of nitrogens with one attached hydrogen (secondary N) is 2. The predicted octanol–water partition coefficient (Wildman–Crippen LogP) is 1.70. The van der Waals surface area contributed by atoms with Gasteiger partial charge < -0.3 is 10.2 Å². The highest BCUT2D eigenvalue weighted by Crippen LogP contribution is 2.14. The fourth-order valence-corrected chi connectivity index (χ4v) is 2.74. The third-order valence-electron chi connectivity index (χ3n) is 3.41. The van der Waals surface area contributed by atoms with Gasteiger partial charge in [-0.25, -0.2) is 0 Å². The summed E-state index contributed by atoms with van der Waals surface area (Å²) in [5, 5.41) is 18.9. The van der Waals surface area contributed by atoms with Crippen molar-refractivity contribution in [3.8, 4) is 0 Å². The van der Waals surface area contributed by atoms with Crippen molar-refractivity contribution in [3.63, 3.8) is 0 Å². The molecule has 0 saturated carbocycles. The predicted molar refractivity (Wildman–Crippen MR) is 92.3 cm³/mol. The van der Waals surface area contributed by atoms with E-state index in [2.05, 4.69) is 15.5 Å². The molecule has 0 aliphatic carbocycles. The zero-order valence-corrected chi connectivity index (χ0v) is 14.6. The molecule has 0 spiro atoms. The molecular weight excluding hydrogens is 326 g/mol. The first-order valence-electron chi connectivity index (χ1n) is 7.38. The Morgan fingerprint density at radius 2 is 1.96 bits per heavy atom. The number of carbonyl (C=O) groups excluding carboxylic acids is 2. The highest BCUT2D eigenvalue weighted by atomic mass is 32.1. The van der Waals surface area contributed by atoms with Gasteiger partial charge in [-0.3, -0.25) is 15.0 Å². The zero-order chi connectivity index (χ0) is 17.7. The molecule has 2 aromatic rings. The maximum Gasteiger partial charge on any atom is 0.282 e. The average molecular weight is 345 g/mol. The molecule has 1 aromatic carbocycles. The molecule has 0 saturated heterocycles. The van der Waals surface area contributed by atoms with Crippen molar-refractivity contribution in [3.05, 3.63) is 45.9 Å². The van der Waals surface area contributed by atoms with Crippen LogP contribution in [0.1, 0.15) is 34.2 Å². The summed E-state index contributed by atoms with van der Waals surface area (Å²) in [5.41, 5.74) is 1.09. The van der Waals surface area contributed by atoms with E-state index in [9.17, 15) is 9.59 Å². The second-order valence-corrected chi connectivity index (χ2v) is 6.40. The number of amides is 2. The van der Waals surface area contributed by atoms with Gasteiger partial charge in [0, 0.05) is 13.5 Å².